The average molecular weight is 351 g/mol. The zero-order chi connectivity index (χ0) is 13.7. The Bertz CT molecular complexity index is 540. The van der Waals surface area contributed by atoms with Crippen molar-refractivity contribution >= 4 is 47.2 Å². The fourth-order valence-corrected chi connectivity index (χ4v) is 2.30. The van der Waals surface area contributed by atoms with Crippen LogP contribution in [0.2, 0.25) is 15.1 Å². The molecule has 0 bridgehead atoms. The molecule has 0 spiro atoms. The SMILES string of the molecule is Cl.Clc1ccc(CCNCc2cccc(Cl)c2Cl)cc1. The molecule has 0 unspecified atom stereocenters. The van der Waals surface area contributed by atoms with E-state index in [0.29, 0.717) is 16.6 Å². The van der Waals surface area contributed by atoms with Crippen molar-refractivity contribution in [3.8, 4) is 0 Å². The summed E-state index contributed by atoms with van der Waals surface area (Å²) in [6.45, 7) is 1.59. The van der Waals surface area contributed by atoms with Crippen molar-refractivity contribution in [3.63, 3.8) is 0 Å². The van der Waals surface area contributed by atoms with Gasteiger partial charge in [-0.1, -0.05) is 59.1 Å². The molecule has 0 aliphatic rings. The normalized spacial score (nSPS) is 10.2. The summed E-state index contributed by atoms with van der Waals surface area (Å²) in [5.41, 5.74) is 2.28. The van der Waals surface area contributed by atoms with Gasteiger partial charge >= 0.3 is 0 Å². The van der Waals surface area contributed by atoms with E-state index in [2.05, 4.69) is 5.32 Å². The van der Waals surface area contributed by atoms with Gasteiger partial charge in [-0.15, -0.1) is 12.4 Å². The van der Waals surface area contributed by atoms with Crippen LogP contribution in [0.15, 0.2) is 42.5 Å². The van der Waals surface area contributed by atoms with Gasteiger partial charge in [-0.25, -0.2) is 0 Å². The van der Waals surface area contributed by atoms with E-state index in [4.69, 9.17) is 34.8 Å². The third kappa shape index (κ3) is 5.16. The van der Waals surface area contributed by atoms with Crippen molar-refractivity contribution in [2.45, 2.75) is 13.0 Å². The lowest BCUT2D eigenvalue weighted by Gasteiger charge is -2.08. The van der Waals surface area contributed by atoms with Gasteiger partial charge in [-0.05, 0) is 42.3 Å². The van der Waals surface area contributed by atoms with Crippen LogP contribution in [0.3, 0.4) is 0 Å². The fourth-order valence-electron chi connectivity index (χ4n) is 1.79. The Balaban J connectivity index is 0.00000200. The molecule has 0 amide bonds. The van der Waals surface area contributed by atoms with Crippen LogP contribution < -0.4 is 5.32 Å². The first-order chi connectivity index (χ1) is 9.16. The van der Waals surface area contributed by atoms with E-state index in [-0.39, 0.29) is 12.4 Å². The molecule has 1 nitrogen and oxygen atoms in total. The number of halogens is 4. The van der Waals surface area contributed by atoms with Crippen LogP contribution >= 0.6 is 47.2 Å². The minimum Gasteiger partial charge on any atom is -0.312 e. The highest BCUT2D eigenvalue weighted by molar-refractivity contribution is 6.42. The van der Waals surface area contributed by atoms with E-state index in [1.54, 1.807) is 6.07 Å². The van der Waals surface area contributed by atoms with E-state index in [0.717, 1.165) is 23.6 Å². The first kappa shape index (κ1) is 17.6. The smallest absolute Gasteiger partial charge is 0.0637 e. The molecule has 2 aromatic carbocycles. The van der Waals surface area contributed by atoms with Crippen LogP contribution in [0, 0.1) is 0 Å². The van der Waals surface area contributed by atoms with E-state index in [1.165, 1.54) is 5.56 Å². The Morgan fingerprint density at radius 3 is 2.30 bits per heavy atom. The van der Waals surface area contributed by atoms with Gasteiger partial charge in [0.1, 0.15) is 0 Å². The van der Waals surface area contributed by atoms with Gasteiger partial charge in [0.15, 0.2) is 0 Å². The van der Waals surface area contributed by atoms with Gasteiger partial charge in [0, 0.05) is 11.6 Å². The molecule has 0 fully saturated rings. The maximum Gasteiger partial charge on any atom is 0.0637 e. The minimum atomic E-state index is 0. The molecule has 2 rings (SSSR count). The monoisotopic (exact) mass is 349 g/mol. The van der Waals surface area contributed by atoms with E-state index in [9.17, 15) is 0 Å². The van der Waals surface area contributed by atoms with E-state index < -0.39 is 0 Å². The highest BCUT2D eigenvalue weighted by Gasteiger charge is 2.03. The van der Waals surface area contributed by atoms with Crippen LogP contribution in [-0.2, 0) is 13.0 Å². The lowest BCUT2D eigenvalue weighted by molar-refractivity contribution is 0.687. The Morgan fingerprint density at radius 1 is 0.900 bits per heavy atom. The summed E-state index contributed by atoms with van der Waals surface area (Å²) in [7, 11) is 0. The second-order valence-electron chi connectivity index (χ2n) is 4.27. The van der Waals surface area contributed by atoms with E-state index >= 15 is 0 Å². The number of nitrogens with one attached hydrogen (secondary N) is 1. The molecule has 0 aliphatic carbocycles. The van der Waals surface area contributed by atoms with Crippen LogP contribution in [0.1, 0.15) is 11.1 Å². The number of hydrogen-bond donors (Lipinski definition) is 1. The number of rotatable bonds is 5. The van der Waals surface area contributed by atoms with Crippen molar-refractivity contribution in [1.82, 2.24) is 5.32 Å². The standard InChI is InChI=1S/C15H14Cl3N.ClH/c16-13-6-4-11(5-7-13)8-9-19-10-12-2-1-3-14(17)15(12)18;/h1-7,19H,8-10H2;1H. The summed E-state index contributed by atoms with van der Waals surface area (Å²) < 4.78 is 0. The third-order valence-electron chi connectivity index (χ3n) is 2.85. The van der Waals surface area contributed by atoms with Crippen molar-refractivity contribution in [2.24, 2.45) is 0 Å². The molecule has 1 N–H and O–H groups in total. The second-order valence-corrected chi connectivity index (χ2v) is 5.49. The van der Waals surface area contributed by atoms with Crippen LogP contribution in [0.4, 0.5) is 0 Å². The molecule has 108 valence electrons. The molecule has 0 aliphatic heterocycles. The van der Waals surface area contributed by atoms with Crippen LogP contribution in [-0.4, -0.2) is 6.54 Å². The zero-order valence-electron chi connectivity index (χ0n) is 10.7. The zero-order valence-corrected chi connectivity index (χ0v) is 13.8. The van der Waals surface area contributed by atoms with E-state index in [1.807, 2.05) is 36.4 Å². The number of hydrogen-bond acceptors (Lipinski definition) is 1. The molecule has 2 aromatic rings. The summed E-state index contributed by atoms with van der Waals surface area (Å²) in [5.74, 6) is 0. The van der Waals surface area contributed by atoms with Crippen molar-refractivity contribution in [3.05, 3.63) is 68.7 Å². The lowest BCUT2D eigenvalue weighted by Crippen LogP contribution is -2.16. The van der Waals surface area contributed by atoms with Crippen molar-refractivity contribution in [1.29, 1.82) is 0 Å². The molecule has 0 saturated carbocycles. The van der Waals surface area contributed by atoms with Gasteiger partial charge < -0.3 is 5.32 Å². The number of benzene rings is 2. The summed E-state index contributed by atoms with van der Waals surface area (Å²) in [6, 6.07) is 13.6. The minimum absolute atomic E-state index is 0. The largest absolute Gasteiger partial charge is 0.312 e. The molecule has 20 heavy (non-hydrogen) atoms. The Hall–Kier alpha value is -0.440. The predicted molar refractivity (Wildman–Crippen MR) is 90.6 cm³/mol. The first-order valence-electron chi connectivity index (χ1n) is 6.05. The molecule has 5 heteroatoms. The maximum atomic E-state index is 6.12. The molecular weight excluding hydrogens is 336 g/mol. The molecular formula is C15H15Cl4N. The Morgan fingerprint density at radius 2 is 1.60 bits per heavy atom. The molecule has 0 aromatic heterocycles. The topological polar surface area (TPSA) is 12.0 Å². The lowest BCUT2D eigenvalue weighted by atomic mass is 10.1. The highest BCUT2D eigenvalue weighted by Crippen LogP contribution is 2.25. The molecule has 0 saturated heterocycles. The van der Waals surface area contributed by atoms with Gasteiger partial charge in [0.2, 0.25) is 0 Å². The predicted octanol–water partition coefficient (Wildman–Crippen LogP) is 5.40. The molecule has 0 atom stereocenters. The Kier molecular flexibility index (Phi) is 7.71. The first-order valence-corrected chi connectivity index (χ1v) is 7.18. The second kappa shape index (κ2) is 8.76. The van der Waals surface area contributed by atoms with Crippen LogP contribution in [0.5, 0.6) is 0 Å². The third-order valence-corrected chi connectivity index (χ3v) is 3.96. The van der Waals surface area contributed by atoms with Gasteiger partial charge in [0.25, 0.3) is 0 Å². The maximum absolute atomic E-state index is 6.12. The van der Waals surface area contributed by atoms with Crippen LogP contribution in [0.25, 0.3) is 0 Å². The summed E-state index contributed by atoms with van der Waals surface area (Å²) >= 11 is 17.9. The van der Waals surface area contributed by atoms with Crippen molar-refractivity contribution in [2.75, 3.05) is 6.54 Å². The van der Waals surface area contributed by atoms with Crippen molar-refractivity contribution < 1.29 is 0 Å². The average Bonchev–Trinajstić information content (AvgIpc) is 2.41. The molecule has 0 radical (unpaired) electrons. The highest BCUT2D eigenvalue weighted by atomic mass is 35.5. The molecule has 0 heterocycles. The Labute approximate surface area is 140 Å². The van der Waals surface area contributed by atoms with Gasteiger partial charge in [-0.2, -0.15) is 0 Å². The van der Waals surface area contributed by atoms with Gasteiger partial charge in [-0.3, -0.25) is 0 Å². The fraction of sp³-hybridized carbons (Fsp3) is 0.200. The quantitative estimate of drug-likeness (QED) is 0.711. The van der Waals surface area contributed by atoms with Gasteiger partial charge in [0.05, 0.1) is 10.0 Å². The summed E-state index contributed by atoms with van der Waals surface area (Å²) in [4.78, 5) is 0. The summed E-state index contributed by atoms with van der Waals surface area (Å²) in [5, 5.41) is 5.35. The summed E-state index contributed by atoms with van der Waals surface area (Å²) in [6.07, 6.45) is 0.954.